The van der Waals surface area contributed by atoms with Crippen LogP contribution in [0.5, 0.6) is 0 Å². The van der Waals surface area contributed by atoms with Gasteiger partial charge in [0.25, 0.3) is 5.91 Å². The number of hydrogen-bond acceptors (Lipinski definition) is 3. The molecule has 1 N–H and O–H groups in total. The predicted octanol–water partition coefficient (Wildman–Crippen LogP) is 4.78. The van der Waals surface area contributed by atoms with Gasteiger partial charge in [0.1, 0.15) is 0 Å². The molecule has 2 aromatic rings. The minimum absolute atomic E-state index is 0.0154. The van der Waals surface area contributed by atoms with Crippen LogP contribution in [0.3, 0.4) is 0 Å². The lowest BCUT2D eigenvalue weighted by molar-refractivity contribution is -0.123. The molecule has 0 fully saturated rings. The molecule has 0 aliphatic heterocycles. The van der Waals surface area contributed by atoms with E-state index in [2.05, 4.69) is 26.1 Å². The number of carbonyl (C=O) groups excluding carboxylic acids is 2. The van der Waals surface area contributed by atoms with Gasteiger partial charge in [0, 0.05) is 5.69 Å². The highest BCUT2D eigenvalue weighted by Crippen LogP contribution is 2.22. The molecule has 0 radical (unpaired) electrons. The van der Waals surface area contributed by atoms with Gasteiger partial charge in [-0.15, -0.1) is 0 Å². The second kappa shape index (κ2) is 7.73. The summed E-state index contributed by atoms with van der Waals surface area (Å²) in [5.74, 6) is -0.856. The van der Waals surface area contributed by atoms with E-state index in [9.17, 15) is 9.59 Å². The molecular formula is C22H27NO3. The SMILES string of the molecule is Cc1ccc(NC(=O)C(C)OC(=O)c2ccc(C(C)(C)C)cc2)c(C)c1. The van der Waals surface area contributed by atoms with Gasteiger partial charge in [0.2, 0.25) is 0 Å². The van der Waals surface area contributed by atoms with Crippen LogP contribution in [0.1, 0.15) is 54.7 Å². The molecule has 4 nitrogen and oxygen atoms in total. The number of anilines is 1. The van der Waals surface area contributed by atoms with E-state index in [1.54, 1.807) is 19.1 Å². The van der Waals surface area contributed by atoms with Crippen LogP contribution in [-0.2, 0) is 14.9 Å². The Morgan fingerprint density at radius 2 is 1.62 bits per heavy atom. The quantitative estimate of drug-likeness (QED) is 0.805. The number of benzene rings is 2. The Hall–Kier alpha value is -2.62. The number of hydrogen-bond donors (Lipinski definition) is 1. The average molecular weight is 353 g/mol. The van der Waals surface area contributed by atoms with Gasteiger partial charge >= 0.3 is 5.97 Å². The molecule has 138 valence electrons. The zero-order valence-corrected chi connectivity index (χ0v) is 16.3. The maximum atomic E-state index is 12.3. The van der Waals surface area contributed by atoms with Crippen molar-refractivity contribution in [1.29, 1.82) is 0 Å². The van der Waals surface area contributed by atoms with E-state index in [0.717, 1.165) is 22.4 Å². The second-order valence-electron chi connectivity index (χ2n) is 7.68. The van der Waals surface area contributed by atoms with Crippen LogP contribution in [0, 0.1) is 13.8 Å². The van der Waals surface area contributed by atoms with E-state index in [-0.39, 0.29) is 11.3 Å². The van der Waals surface area contributed by atoms with Crippen molar-refractivity contribution in [2.24, 2.45) is 0 Å². The van der Waals surface area contributed by atoms with Gasteiger partial charge in [-0.1, -0.05) is 50.6 Å². The number of esters is 1. The third-order valence-electron chi connectivity index (χ3n) is 4.28. The summed E-state index contributed by atoms with van der Waals surface area (Å²) >= 11 is 0. The molecule has 0 saturated carbocycles. The van der Waals surface area contributed by atoms with Crippen molar-refractivity contribution in [1.82, 2.24) is 0 Å². The van der Waals surface area contributed by atoms with Gasteiger partial charge in [-0.25, -0.2) is 4.79 Å². The zero-order valence-electron chi connectivity index (χ0n) is 16.3. The van der Waals surface area contributed by atoms with Crippen molar-refractivity contribution >= 4 is 17.6 Å². The van der Waals surface area contributed by atoms with E-state index >= 15 is 0 Å². The first-order valence-electron chi connectivity index (χ1n) is 8.77. The molecule has 2 aromatic carbocycles. The molecule has 0 saturated heterocycles. The molecule has 0 bridgehead atoms. The maximum Gasteiger partial charge on any atom is 0.338 e. The fourth-order valence-electron chi connectivity index (χ4n) is 2.58. The fraction of sp³-hybridized carbons (Fsp3) is 0.364. The van der Waals surface area contributed by atoms with Crippen LogP contribution in [0.2, 0.25) is 0 Å². The van der Waals surface area contributed by atoms with Crippen molar-refractivity contribution in [3.05, 3.63) is 64.7 Å². The Bertz CT molecular complexity index is 801. The first-order chi connectivity index (χ1) is 12.1. The fourth-order valence-corrected chi connectivity index (χ4v) is 2.58. The van der Waals surface area contributed by atoms with Crippen molar-refractivity contribution in [2.45, 2.75) is 53.1 Å². The second-order valence-corrected chi connectivity index (χ2v) is 7.68. The number of rotatable bonds is 4. The van der Waals surface area contributed by atoms with E-state index < -0.39 is 12.1 Å². The van der Waals surface area contributed by atoms with E-state index in [0.29, 0.717) is 5.56 Å². The highest BCUT2D eigenvalue weighted by Gasteiger charge is 2.20. The van der Waals surface area contributed by atoms with Crippen LogP contribution in [0.25, 0.3) is 0 Å². The smallest absolute Gasteiger partial charge is 0.338 e. The van der Waals surface area contributed by atoms with Gasteiger partial charge in [-0.2, -0.15) is 0 Å². The molecule has 0 aromatic heterocycles. The Balaban J connectivity index is 2.00. The summed E-state index contributed by atoms with van der Waals surface area (Å²) in [7, 11) is 0. The summed E-state index contributed by atoms with van der Waals surface area (Å²) in [4.78, 5) is 24.6. The lowest BCUT2D eigenvalue weighted by Gasteiger charge is -2.19. The van der Waals surface area contributed by atoms with Gasteiger partial charge < -0.3 is 10.1 Å². The predicted molar refractivity (Wildman–Crippen MR) is 105 cm³/mol. The number of amides is 1. The van der Waals surface area contributed by atoms with Gasteiger partial charge in [0.05, 0.1) is 5.56 Å². The Morgan fingerprint density at radius 1 is 1.00 bits per heavy atom. The summed E-state index contributed by atoms with van der Waals surface area (Å²) < 4.78 is 5.31. The lowest BCUT2D eigenvalue weighted by atomic mass is 9.87. The lowest BCUT2D eigenvalue weighted by Crippen LogP contribution is -2.30. The van der Waals surface area contributed by atoms with Crippen LogP contribution in [0.4, 0.5) is 5.69 Å². The number of aryl methyl sites for hydroxylation is 2. The topological polar surface area (TPSA) is 55.4 Å². The summed E-state index contributed by atoms with van der Waals surface area (Å²) in [6.07, 6.45) is -0.884. The molecule has 26 heavy (non-hydrogen) atoms. The first kappa shape index (κ1) is 19.7. The van der Waals surface area contributed by atoms with Gasteiger partial charge in [-0.05, 0) is 55.5 Å². The van der Waals surface area contributed by atoms with Crippen LogP contribution >= 0.6 is 0 Å². The standard InChI is InChI=1S/C22H27NO3/c1-14-7-12-19(15(2)13-14)23-20(24)16(3)26-21(25)17-8-10-18(11-9-17)22(4,5)6/h7-13,16H,1-6H3,(H,23,24). The number of carbonyl (C=O) groups is 2. The monoisotopic (exact) mass is 353 g/mol. The van der Waals surface area contributed by atoms with Gasteiger partial charge in [-0.3, -0.25) is 4.79 Å². The van der Waals surface area contributed by atoms with Gasteiger partial charge in [0.15, 0.2) is 6.10 Å². The molecular weight excluding hydrogens is 326 g/mol. The van der Waals surface area contributed by atoms with Crippen LogP contribution in [0.15, 0.2) is 42.5 Å². The Kier molecular flexibility index (Phi) is 5.86. The van der Waals surface area contributed by atoms with Crippen LogP contribution in [-0.4, -0.2) is 18.0 Å². The minimum atomic E-state index is -0.884. The Morgan fingerprint density at radius 3 is 2.15 bits per heavy atom. The van der Waals surface area contributed by atoms with E-state index in [4.69, 9.17) is 4.74 Å². The molecule has 4 heteroatoms. The largest absolute Gasteiger partial charge is 0.449 e. The first-order valence-corrected chi connectivity index (χ1v) is 8.77. The third kappa shape index (κ3) is 4.94. The number of nitrogens with one attached hydrogen (secondary N) is 1. The maximum absolute atomic E-state index is 12.3. The Labute approximate surface area is 155 Å². The summed E-state index contributed by atoms with van der Waals surface area (Å²) in [5, 5.41) is 2.81. The van der Waals surface area contributed by atoms with Crippen LogP contribution < -0.4 is 5.32 Å². The molecule has 1 atom stereocenters. The molecule has 1 unspecified atom stereocenters. The average Bonchev–Trinajstić information content (AvgIpc) is 2.56. The van der Waals surface area contributed by atoms with E-state index in [1.165, 1.54) is 0 Å². The summed E-state index contributed by atoms with van der Waals surface area (Å²) in [6.45, 7) is 11.8. The third-order valence-corrected chi connectivity index (χ3v) is 4.28. The number of ether oxygens (including phenoxy) is 1. The summed E-state index contributed by atoms with van der Waals surface area (Å²) in [5.41, 5.74) is 4.40. The van der Waals surface area contributed by atoms with Crippen molar-refractivity contribution in [2.75, 3.05) is 5.32 Å². The van der Waals surface area contributed by atoms with Crippen molar-refractivity contribution in [3.63, 3.8) is 0 Å². The highest BCUT2D eigenvalue weighted by molar-refractivity contribution is 5.97. The molecule has 1 amide bonds. The zero-order chi connectivity index (χ0) is 19.5. The normalized spacial score (nSPS) is 12.4. The van der Waals surface area contributed by atoms with Crippen molar-refractivity contribution < 1.29 is 14.3 Å². The molecule has 0 aliphatic carbocycles. The minimum Gasteiger partial charge on any atom is -0.449 e. The molecule has 2 rings (SSSR count). The van der Waals surface area contributed by atoms with E-state index in [1.807, 2.05) is 44.2 Å². The molecule has 0 heterocycles. The van der Waals surface area contributed by atoms with Crippen molar-refractivity contribution in [3.8, 4) is 0 Å². The molecule has 0 spiro atoms. The highest BCUT2D eigenvalue weighted by atomic mass is 16.5. The molecule has 0 aliphatic rings. The summed E-state index contributed by atoms with van der Waals surface area (Å²) in [6, 6.07) is 13.1.